The zero-order valence-electron chi connectivity index (χ0n) is 10.2. The van der Waals surface area contributed by atoms with Crippen molar-refractivity contribution in [2.24, 2.45) is 0 Å². The molecular formula is C14H14Cl2N2. The average molecular weight is 281 g/mol. The van der Waals surface area contributed by atoms with Gasteiger partial charge in [0.2, 0.25) is 0 Å². The lowest BCUT2D eigenvalue weighted by atomic mass is 9.99. The Labute approximate surface area is 117 Å². The van der Waals surface area contributed by atoms with Crippen LogP contribution in [0, 0.1) is 6.92 Å². The molecule has 0 radical (unpaired) electrons. The van der Waals surface area contributed by atoms with Crippen LogP contribution in [0.3, 0.4) is 0 Å². The molecule has 18 heavy (non-hydrogen) atoms. The first kappa shape index (κ1) is 13.3. The molecule has 0 bridgehead atoms. The second-order valence-corrected chi connectivity index (χ2v) is 5.09. The Hall–Kier alpha value is -1.09. The summed E-state index contributed by atoms with van der Waals surface area (Å²) in [6, 6.07) is 7.69. The molecule has 0 aliphatic rings. The van der Waals surface area contributed by atoms with Crippen LogP contribution in [0.5, 0.6) is 0 Å². The summed E-state index contributed by atoms with van der Waals surface area (Å²) >= 11 is 12.1. The van der Waals surface area contributed by atoms with Crippen LogP contribution >= 0.6 is 23.2 Å². The maximum absolute atomic E-state index is 6.04. The molecule has 94 valence electrons. The van der Waals surface area contributed by atoms with Crippen molar-refractivity contribution in [3.05, 3.63) is 63.4 Å². The van der Waals surface area contributed by atoms with Crippen LogP contribution < -0.4 is 5.32 Å². The van der Waals surface area contributed by atoms with E-state index in [-0.39, 0.29) is 6.04 Å². The van der Waals surface area contributed by atoms with E-state index in [0.29, 0.717) is 10.0 Å². The van der Waals surface area contributed by atoms with E-state index in [2.05, 4.69) is 16.4 Å². The third kappa shape index (κ3) is 3.02. The van der Waals surface area contributed by atoms with Gasteiger partial charge in [0.05, 0.1) is 6.04 Å². The average Bonchev–Trinajstić information content (AvgIpc) is 2.28. The minimum Gasteiger partial charge on any atom is -0.309 e. The molecule has 1 aromatic heterocycles. The van der Waals surface area contributed by atoms with E-state index in [0.717, 1.165) is 16.7 Å². The van der Waals surface area contributed by atoms with Crippen molar-refractivity contribution in [1.82, 2.24) is 10.3 Å². The number of nitrogens with zero attached hydrogens (tertiary/aromatic N) is 1. The predicted molar refractivity (Wildman–Crippen MR) is 76.3 cm³/mol. The second kappa shape index (κ2) is 5.70. The molecule has 0 saturated heterocycles. The highest BCUT2D eigenvalue weighted by molar-refractivity contribution is 6.34. The number of hydrogen-bond acceptors (Lipinski definition) is 2. The fraction of sp³-hybridized carbons (Fsp3) is 0.214. The van der Waals surface area contributed by atoms with Gasteiger partial charge in [-0.1, -0.05) is 29.3 Å². The van der Waals surface area contributed by atoms with Crippen LogP contribution in [0.4, 0.5) is 0 Å². The van der Waals surface area contributed by atoms with Gasteiger partial charge >= 0.3 is 0 Å². The molecule has 0 fully saturated rings. The van der Waals surface area contributed by atoms with Crippen LogP contribution in [0.1, 0.15) is 22.7 Å². The van der Waals surface area contributed by atoms with Crippen LogP contribution in [-0.4, -0.2) is 12.0 Å². The lowest BCUT2D eigenvalue weighted by molar-refractivity contribution is 0.688. The SMILES string of the molecule is CNC(c1cncc(C)c1)c1cc(Cl)cc(Cl)c1. The quantitative estimate of drug-likeness (QED) is 0.919. The van der Waals surface area contributed by atoms with E-state index in [9.17, 15) is 0 Å². The molecule has 0 saturated carbocycles. The number of halogens is 2. The summed E-state index contributed by atoms with van der Waals surface area (Å²) in [5.74, 6) is 0. The van der Waals surface area contributed by atoms with Gasteiger partial charge in [0, 0.05) is 22.4 Å². The van der Waals surface area contributed by atoms with Crippen LogP contribution in [0.15, 0.2) is 36.7 Å². The number of rotatable bonds is 3. The van der Waals surface area contributed by atoms with Crippen molar-refractivity contribution < 1.29 is 0 Å². The molecule has 1 N–H and O–H groups in total. The third-order valence-electron chi connectivity index (χ3n) is 2.74. The normalized spacial score (nSPS) is 12.4. The van der Waals surface area contributed by atoms with Gasteiger partial charge in [-0.3, -0.25) is 4.98 Å². The summed E-state index contributed by atoms with van der Waals surface area (Å²) in [7, 11) is 1.90. The maximum atomic E-state index is 6.04. The molecule has 0 spiro atoms. The zero-order valence-corrected chi connectivity index (χ0v) is 11.8. The molecule has 1 heterocycles. The Morgan fingerprint density at radius 3 is 2.22 bits per heavy atom. The molecule has 0 aliphatic carbocycles. The first-order valence-electron chi connectivity index (χ1n) is 5.65. The van der Waals surface area contributed by atoms with Crippen molar-refractivity contribution in [2.45, 2.75) is 13.0 Å². The topological polar surface area (TPSA) is 24.9 Å². The summed E-state index contributed by atoms with van der Waals surface area (Å²) in [6.07, 6.45) is 3.68. The summed E-state index contributed by atoms with van der Waals surface area (Å²) in [6.45, 7) is 2.02. The van der Waals surface area contributed by atoms with E-state index in [1.807, 2.05) is 38.5 Å². The largest absolute Gasteiger partial charge is 0.309 e. The van der Waals surface area contributed by atoms with Crippen molar-refractivity contribution in [3.8, 4) is 0 Å². The highest BCUT2D eigenvalue weighted by atomic mass is 35.5. The van der Waals surface area contributed by atoms with Crippen molar-refractivity contribution >= 4 is 23.2 Å². The van der Waals surface area contributed by atoms with Gasteiger partial charge in [0.25, 0.3) is 0 Å². The van der Waals surface area contributed by atoms with E-state index >= 15 is 0 Å². The van der Waals surface area contributed by atoms with E-state index in [1.54, 1.807) is 6.07 Å². The van der Waals surface area contributed by atoms with Crippen molar-refractivity contribution in [3.63, 3.8) is 0 Å². The Kier molecular flexibility index (Phi) is 4.23. The Balaban J connectivity index is 2.45. The fourth-order valence-electron chi connectivity index (χ4n) is 2.00. The molecule has 2 aromatic rings. The number of aryl methyl sites for hydroxylation is 1. The molecule has 4 heteroatoms. The second-order valence-electron chi connectivity index (χ2n) is 4.22. The van der Waals surface area contributed by atoms with Gasteiger partial charge < -0.3 is 5.32 Å². The van der Waals surface area contributed by atoms with Gasteiger partial charge in [-0.15, -0.1) is 0 Å². The number of hydrogen-bond donors (Lipinski definition) is 1. The first-order valence-corrected chi connectivity index (χ1v) is 6.40. The van der Waals surface area contributed by atoms with E-state index < -0.39 is 0 Å². The highest BCUT2D eigenvalue weighted by Crippen LogP contribution is 2.27. The molecule has 0 amide bonds. The minimum atomic E-state index is 0.0357. The van der Waals surface area contributed by atoms with E-state index in [1.165, 1.54) is 0 Å². The lowest BCUT2D eigenvalue weighted by Crippen LogP contribution is -2.18. The standard InChI is InChI=1S/C14H14Cl2N2/c1-9-3-11(8-18-7-9)14(17-2)10-4-12(15)6-13(16)5-10/h3-8,14,17H,1-2H3. The molecular weight excluding hydrogens is 267 g/mol. The molecule has 2 rings (SSSR count). The number of aromatic nitrogens is 1. The Morgan fingerprint density at radius 2 is 1.67 bits per heavy atom. The zero-order chi connectivity index (χ0) is 13.1. The van der Waals surface area contributed by atoms with Crippen molar-refractivity contribution in [2.75, 3.05) is 7.05 Å². The van der Waals surface area contributed by atoms with Crippen LogP contribution in [0.25, 0.3) is 0 Å². The van der Waals surface area contributed by atoms with Crippen molar-refractivity contribution in [1.29, 1.82) is 0 Å². The highest BCUT2D eigenvalue weighted by Gasteiger charge is 2.13. The first-order chi connectivity index (χ1) is 8.60. The Bertz CT molecular complexity index is 535. The summed E-state index contributed by atoms with van der Waals surface area (Å²) in [5.41, 5.74) is 3.25. The van der Waals surface area contributed by atoms with Gasteiger partial charge in [-0.25, -0.2) is 0 Å². The molecule has 1 aromatic carbocycles. The van der Waals surface area contributed by atoms with Gasteiger partial charge in [0.1, 0.15) is 0 Å². The monoisotopic (exact) mass is 280 g/mol. The predicted octanol–water partition coefficient (Wildman–Crippen LogP) is 4.01. The van der Waals surface area contributed by atoms with Crippen LogP contribution in [0.2, 0.25) is 10.0 Å². The minimum absolute atomic E-state index is 0.0357. The third-order valence-corrected chi connectivity index (χ3v) is 3.17. The van der Waals surface area contributed by atoms with Crippen LogP contribution in [-0.2, 0) is 0 Å². The summed E-state index contributed by atoms with van der Waals surface area (Å²) in [4.78, 5) is 4.22. The Morgan fingerprint density at radius 1 is 1.00 bits per heavy atom. The fourth-order valence-corrected chi connectivity index (χ4v) is 2.55. The van der Waals surface area contributed by atoms with Gasteiger partial charge in [0.15, 0.2) is 0 Å². The molecule has 1 unspecified atom stereocenters. The maximum Gasteiger partial charge on any atom is 0.0590 e. The summed E-state index contributed by atoms with van der Waals surface area (Å²) < 4.78 is 0. The number of pyridine rings is 1. The molecule has 0 aliphatic heterocycles. The summed E-state index contributed by atoms with van der Waals surface area (Å²) in [5, 5.41) is 4.53. The van der Waals surface area contributed by atoms with Gasteiger partial charge in [-0.05, 0) is 48.9 Å². The molecule has 1 atom stereocenters. The lowest BCUT2D eigenvalue weighted by Gasteiger charge is -2.18. The smallest absolute Gasteiger partial charge is 0.0590 e. The van der Waals surface area contributed by atoms with Gasteiger partial charge in [-0.2, -0.15) is 0 Å². The number of benzene rings is 1. The molecule has 2 nitrogen and oxygen atoms in total. The van der Waals surface area contributed by atoms with E-state index in [4.69, 9.17) is 23.2 Å². The number of nitrogens with one attached hydrogen (secondary N) is 1.